The molecule has 0 radical (unpaired) electrons. The van der Waals surface area contributed by atoms with Crippen molar-refractivity contribution in [2.45, 2.75) is 51.1 Å². The Hall–Kier alpha value is -2.10. The molecule has 2 aromatic rings. The van der Waals surface area contributed by atoms with E-state index >= 15 is 0 Å². The molecule has 4 nitrogen and oxygen atoms in total. The number of amides is 1. The van der Waals surface area contributed by atoms with E-state index in [4.69, 9.17) is 0 Å². The predicted molar refractivity (Wildman–Crippen MR) is 94.9 cm³/mol. The van der Waals surface area contributed by atoms with Crippen molar-refractivity contribution in [2.24, 2.45) is 5.92 Å². The number of likely N-dealkylation sites (tertiary alicyclic amines) is 1. The first kappa shape index (κ1) is 15.4. The normalized spacial score (nSPS) is 21.7. The van der Waals surface area contributed by atoms with Gasteiger partial charge in [-0.2, -0.15) is 0 Å². The summed E-state index contributed by atoms with van der Waals surface area (Å²) in [5.74, 6) is 0.889. The molecular formula is C20H24N2O2. The minimum absolute atomic E-state index is 0.0132. The molecule has 0 N–H and O–H groups in total. The Morgan fingerprint density at radius 3 is 2.67 bits per heavy atom. The zero-order chi connectivity index (χ0) is 16.5. The van der Waals surface area contributed by atoms with Crippen LogP contribution in [0.2, 0.25) is 0 Å². The lowest BCUT2D eigenvalue weighted by Gasteiger charge is -2.30. The second kappa shape index (κ2) is 6.42. The minimum Gasteiger partial charge on any atom is -0.338 e. The smallest absolute Gasteiger partial charge is 0.242 e. The number of hydrogen-bond donors (Lipinski definition) is 0. The van der Waals surface area contributed by atoms with E-state index in [-0.39, 0.29) is 11.3 Å². The van der Waals surface area contributed by atoms with Gasteiger partial charge >= 0.3 is 0 Å². The molecule has 2 heterocycles. The highest BCUT2D eigenvalue weighted by molar-refractivity contribution is 5.82. The quantitative estimate of drug-likeness (QED) is 0.870. The van der Waals surface area contributed by atoms with Crippen LogP contribution < -0.4 is 5.43 Å². The molecule has 1 saturated carbocycles. The van der Waals surface area contributed by atoms with E-state index in [0.29, 0.717) is 23.9 Å². The first-order valence-corrected chi connectivity index (χ1v) is 9.12. The van der Waals surface area contributed by atoms with Gasteiger partial charge in [-0.05, 0) is 43.7 Å². The van der Waals surface area contributed by atoms with Crippen molar-refractivity contribution in [1.29, 1.82) is 0 Å². The van der Waals surface area contributed by atoms with Crippen LogP contribution in [0.1, 0.15) is 38.5 Å². The Bertz CT molecular complexity index is 805. The number of nitrogens with zero attached hydrogens (tertiary/aromatic N) is 2. The van der Waals surface area contributed by atoms with E-state index in [1.807, 2.05) is 28.8 Å². The topological polar surface area (TPSA) is 42.3 Å². The molecule has 1 unspecified atom stereocenters. The molecule has 0 spiro atoms. The molecule has 1 amide bonds. The summed E-state index contributed by atoms with van der Waals surface area (Å²) in [7, 11) is 0. The number of fused-ring (bicyclic) bond motifs is 1. The molecule has 1 aromatic carbocycles. The number of pyridine rings is 1. The van der Waals surface area contributed by atoms with Crippen LogP contribution in [0.15, 0.2) is 41.3 Å². The summed E-state index contributed by atoms with van der Waals surface area (Å²) in [4.78, 5) is 27.0. The molecular weight excluding hydrogens is 300 g/mol. The summed E-state index contributed by atoms with van der Waals surface area (Å²) in [6, 6.07) is 9.53. The molecule has 1 atom stereocenters. The maximum absolute atomic E-state index is 12.9. The number of hydrogen-bond acceptors (Lipinski definition) is 2. The summed E-state index contributed by atoms with van der Waals surface area (Å²) in [6.07, 6.45) is 9.20. The SMILES string of the molecule is O=C(Cn1ccc(=O)c2ccccc21)N1CCCC1C1CCCC1. The third-order valence-electron chi connectivity index (χ3n) is 5.75. The molecule has 4 heteroatoms. The van der Waals surface area contributed by atoms with Crippen LogP contribution in [0.25, 0.3) is 10.9 Å². The van der Waals surface area contributed by atoms with Gasteiger partial charge in [-0.1, -0.05) is 25.0 Å². The lowest BCUT2D eigenvalue weighted by atomic mass is 9.96. The molecule has 1 aliphatic heterocycles. The summed E-state index contributed by atoms with van der Waals surface area (Å²) in [6.45, 7) is 1.21. The third kappa shape index (κ3) is 2.74. The van der Waals surface area contributed by atoms with Crippen molar-refractivity contribution in [2.75, 3.05) is 6.54 Å². The second-order valence-corrected chi connectivity index (χ2v) is 7.17. The summed E-state index contributed by atoms with van der Waals surface area (Å²) >= 11 is 0. The van der Waals surface area contributed by atoms with Crippen LogP contribution in [0.4, 0.5) is 0 Å². The van der Waals surface area contributed by atoms with Crippen molar-refractivity contribution in [3.63, 3.8) is 0 Å². The van der Waals surface area contributed by atoms with Crippen LogP contribution in [-0.4, -0.2) is 28.0 Å². The van der Waals surface area contributed by atoms with Crippen molar-refractivity contribution >= 4 is 16.8 Å². The zero-order valence-electron chi connectivity index (χ0n) is 14.0. The monoisotopic (exact) mass is 324 g/mol. The first-order valence-electron chi connectivity index (χ1n) is 9.12. The lowest BCUT2D eigenvalue weighted by molar-refractivity contribution is -0.133. The highest BCUT2D eigenvalue weighted by atomic mass is 16.2. The van der Waals surface area contributed by atoms with E-state index in [2.05, 4.69) is 4.90 Å². The van der Waals surface area contributed by atoms with Crippen LogP contribution in [-0.2, 0) is 11.3 Å². The van der Waals surface area contributed by atoms with Crippen LogP contribution >= 0.6 is 0 Å². The van der Waals surface area contributed by atoms with Crippen LogP contribution in [0, 0.1) is 5.92 Å². The van der Waals surface area contributed by atoms with Gasteiger partial charge in [0.05, 0.1) is 5.52 Å². The number of rotatable bonds is 3. The van der Waals surface area contributed by atoms with Gasteiger partial charge in [0.2, 0.25) is 5.91 Å². The average molecular weight is 324 g/mol. The van der Waals surface area contributed by atoms with Crippen LogP contribution in [0.3, 0.4) is 0 Å². The standard InChI is InChI=1S/C20H24N2O2/c23-19-11-13-21(18-9-4-3-8-16(18)19)14-20(24)22-12-5-10-17(22)15-6-1-2-7-15/h3-4,8-9,11,13,15,17H,1-2,5-7,10,12,14H2. The van der Waals surface area contributed by atoms with Gasteiger partial charge in [0.1, 0.15) is 6.54 Å². The van der Waals surface area contributed by atoms with E-state index in [9.17, 15) is 9.59 Å². The maximum atomic E-state index is 12.9. The largest absolute Gasteiger partial charge is 0.338 e. The average Bonchev–Trinajstić information content (AvgIpc) is 3.28. The Kier molecular flexibility index (Phi) is 4.13. The lowest BCUT2D eigenvalue weighted by Crippen LogP contribution is -2.41. The molecule has 126 valence electrons. The Morgan fingerprint density at radius 2 is 1.83 bits per heavy atom. The van der Waals surface area contributed by atoms with Crippen molar-refractivity contribution < 1.29 is 4.79 Å². The number of benzene rings is 1. The molecule has 1 aliphatic carbocycles. The molecule has 0 bridgehead atoms. The molecule has 1 saturated heterocycles. The molecule has 2 fully saturated rings. The first-order chi connectivity index (χ1) is 11.7. The van der Waals surface area contributed by atoms with E-state index in [1.54, 1.807) is 12.3 Å². The number of carbonyl (C=O) groups excluding carboxylic acids is 1. The van der Waals surface area contributed by atoms with Gasteiger partial charge in [-0.15, -0.1) is 0 Å². The molecule has 24 heavy (non-hydrogen) atoms. The van der Waals surface area contributed by atoms with Crippen molar-refractivity contribution in [3.8, 4) is 0 Å². The summed E-state index contributed by atoms with van der Waals surface area (Å²) in [5.41, 5.74) is 0.856. The summed E-state index contributed by atoms with van der Waals surface area (Å²) in [5, 5.41) is 0.682. The third-order valence-corrected chi connectivity index (χ3v) is 5.75. The van der Waals surface area contributed by atoms with Gasteiger partial charge < -0.3 is 9.47 Å². The fourth-order valence-electron chi connectivity index (χ4n) is 4.57. The highest BCUT2D eigenvalue weighted by Crippen LogP contribution is 2.35. The molecule has 4 rings (SSSR count). The molecule has 2 aliphatic rings. The Morgan fingerprint density at radius 1 is 1.04 bits per heavy atom. The van der Waals surface area contributed by atoms with Gasteiger partial charge in [0, 0.05) is 30.2 Å². The zero-order valence-corrected chi connectivity index (χ0v) is 14.0. The minimum atomic E-state index is 0.0132. The van der Waals surface area contributed by atoms with Crippen molar-refractivity contribution in [3.05, 3.63) is 46.8 Å². The van der Waals surface area contributed by atoms with Gasteiger partial charge in [-0.25, -0.2) is 0 Å². The van der Waals surface area contributed by atoms with Gasteiger partial charge in [0.25, 0.3) is 0 Å². The van der Waals surface area contributed by atoms with Gasteiger partial charge in [0.15, 0.2) is 5.43 Å². The van der Waals surface area contributed by atoms with E-state index < -0.39 is 0 Å². The van der Waals surface area contributed by atoms with Gasteiger partial charge in [-0.3, -0.25) is 9.59 Å². The fraction of sp³-hybridized carbons (Fsp3) is 0.500. The number of carbonyl (C=O) groups is 1. The Balaban J connectivity index is 1.58. The number of para-hydroxylation sites is 1. The van der Waals surface area contributed by atoms with Crippen molar-refractivity contribution in [1.82, 2.24) is 9.47 Å². The fourth-order valence-corrected chi connectivity index (χ4v) is 4.57. The highest BCUT2D eigenvalue weighted by Gasteiger charge is 2.35. The van der Waals surface area contributed by atoms with Crippen LogP contribution in [0.5, 0.6) is 0 Å². The number of aromatic nitrogens is 1. The summed E-state index contributed by atoms with van der Waals surface area (Å²) < 4.78 is 1.92. The van der Waals surface area contributed by atoms with E-state index in [1.165, 1.54) is 25.7 Å². The maximum Gasteiger partial charge on any atom is 0.242 e. The molecule has 1 aromatic heterocycles. The predicted octanol–water partition coefficient (Wildman–Crippen LogP) is 3.18. The van der Waals surface area contributed by atoms with E-state index in [0.717, 1.165) is 24.9 Å². The Labute approximate surface area is 142 Å². The second-order valence-electron chi connectivity index (χ2n) is 7.17.